The summed E-state index contributed by atoms with van der Waals surface area (Å²) in [6.07, 6.45) is -16.3. The Morgan fingerprint density at radius 1 is 0.933 bits per heavy atom. The van der Waals surface area contributed by atoms with E-state index in [4.69, 9.17) is 0 Å². The van der Waals surface area contributed by atoms with Crippen LogP contribution in [-0.4, -0.2) is 31.0 Å². The summed E-state index contributed by atoms with van der Waals surface area (Å²) in [5, 5.41) is 0. The van der Waals surface area contributed by atoms with Crippen LogP contribution in [0.5, 0.6) is 0 Å². The van der Waals surface area contributed by atoms with Crippen molar-refractivity contribution in [3.63, 3.8) is 0 Å². The fourth-order valence-electron chi connectivity index (χ4n) is 0.720. The minimum absolute atomic E-state index is 0.880. The lowest BCUT2D eigenvalue weighted by Crippen LogP contribution is -2.55. The minimum atomic E-state index is -6.30. The van der Waals surface area contributed by atoms with Crippen molar-refractivity contribution in [2.45, 2.75) is 31.3 Å². The predicted molar refractivity (Wildman–Crippen MR) is 32.5 cm³/mol. The molecule has 0 N–H and O–H groups in total. The molecule has 0 bridgehead atoms. The van der Waals surface area contributed by atoms with E-state index in [1.54, 1.807) is 0 Å². The van der Waals surface area contributed by atoms with Gasteiger partial charge in [-0.3, -0.25) is 0 Å². The maximum absolute atomic E-state index is 12.3. The van der Waals surface area contributed by atoms with Crippen molar-refractivity contribution in [3.8, 4) is 0 Å². The first-order chi connectivity index (χ1) is 6.44. The molecule has 9 heteroatoms. The van der Waals surface area contributed by atoms with E-state index in [-0.39, 0.29) is 0 Å². The van der Waals surface area contributed by atoms with Crippen LogP contribution in [0.25, 0.3) is 0 Å². The van der Waals surface area contributed by atoms with Crippen molar-refractivity contribution in [1.29, 1.82) is 0 Å². The highest BCUT2D eigenvalue weighted by molar-refractivity contribution is 4.90. The van der Waals surface area contributed by atoms with Crippen molar-refractivity contribution in [1.82, 2.24) is 0 Å². The van der Waals surface area contributed by atoms with E-state index in [1.807, 2.05) is 0 Å². The molecule has 0 rings (SSSR count). The smallest absolute Gasteiger partial charge is 0.363 e. The lowest BCUT2D eigenvalue weighted by Gasteiger charge is -2.29. The Kier molecular flexibility index (Phi) is 3.94. The monoisotopic (exact) mass is 246 g/mol. The lowest BCUT2D eigenvalue weighted by molar-refractivity contribution is -0.366. The molecule has 15 heavy (non-hydrogen) atoms. The van der Waals surface area contributed by atoms with E-state index < -0.39 is 31.0 Å². The third-order valence-corrected chi connectivity index (χ3v) is 1.34. The van der Waals surface area contributed by atoms with Gasteiger partial charge in [0.1, 0.15) is 0 Å². The standard InChI is InChI=1S/C6H6F8O/c1-2-15-3(5(9,10)11)4(7,8)6(12,13)14/h3H,2H2,1H3. The maximum atomic E-state index is 12.3. The van der Waals surface area contributed by atoms with Crippen LogP contribution in [0.4, 0.5) is 35.1 Å². The zero-order valence-corrected chi connectivity index (χ0v) is 7.22. The zero-order valence-electron chi connectivity index (χ0n) is 7.22. The maximum Gasteiger partial charge on any atom is 0.456 e. The molecule has 0 saturated carbocycles. The Balaban J connectivity index is 5.08. The molecule has 0 saturated heterocycles. The average molecular weight is 246 g/mol. The van der Waals surface area contributed by atoms with Crippen molar-refractivity contribution in [3.05, 3.63) is 0 Å². The average Bonchev–Trinajstić information content (AvgIpc) is 1.95. The van der Waals surface area contributed by atoms with Gasteiger partial charge in [0.05, 0.1) is 0 Å². The van der Waals surface area contributed by atoms with Gasteiger partial charge in [0.25, 0.3) is 0 Å². The van der Waals surface area contributed by atoms with Crippen LogP contribution in [0.3, 0.4) is 0 Å². The van der Waals surface area contributed by atoms with Crippen molar-refractivity contribution in [2.24, 2.45) is 0 Å². The van der Waals surface area contributed by atoms with Crippen LogP contribution in [0.1, 0.15) is 6.92 Å². The van der Waals surface area contributed by atoms with Crippen molar-refractivity contribution < 1.29 is 39.9 Å². The van der Waals surface area contributed by atoms with Crippen molar-refractivity contribution in [2.75, 3.05) is 6.61 Å². The predicted octanol–water partition coefficient (Wildman–Crippen LogP) is 3.15. The lowest BCUT2D eigenvalue weighted by atomic mass is 10.1. The quantitative estimate of drug-likeness (QED) is 0.695. The Morgan fingerprint density at radius 3 is 1.53 bits per heavy atom. The number of ether oxygens (including phenoxy) is 1. The van der Waals surface area contributed by atoms with Crippen molar-refractivity contribution >= 4 is 0 Å². The summed E-state index contributed by atoms with van der Waals surface area (Å²) in [6, 6.07) is 0. The topological polar surface area (TPSA) is 9.23 Å². The highest BCUT2D eigenvalue weighted by Gasteiger charge is 2.70. The molecule has 1 unspecified atom stereocenters. The zero-order chi connectivity index (χ0) is 12.5. The van der Waals surface area contributed by atoms with Gasteiger partial charge in [-0.25, -0.2) is 0 Å². The molecule has 0 amide bonds. The number of rotatable bonds is 3. The molecule has 0 aliphatic rings. The molecule has 0 aliphatic heterocycles. The molecule has 0 heterocycles. The summed E-state index contributed by atoms with van der Waals surface area (Å²) in [7, 11) is 0. The third kappa shape index (κ3) is 3.18. The van der Waals surface area contributed by atoms with E-state index in [2.05, 4.69) is 4.74 Å². The highest BCUT2D eigenvalue weighted by atomic mass is 19.4. The summed E-state index contributed by atoms with van der Waals surface area (Å²) in [5.74, 6) is -5.96. The molecule has 0 spiro atoms. The Labute approximate surface area is 79.0 Å². The molecular formula is C6H6F8O. The second kappa shape index (κ2) is 4.11. The molecule has 0 radical (unpaired) electrons. The third-order valence-electron chi connectivity index (χ3n) is 1.34. The van der Waals surface area contributed by atoms with Gasteiger partial charge in [0.15, 0.2) is 0 Å². The Hall–Kier alpha value is -0.600. The summed E-state index contributed by atoms with van der Waals surface area (Å²) in [5.41, 5.74) is 0. The largest absolute Gasteiger partial charge is 0.456 e. The highest BCUT2D eigenvalue weighted by Crippen LogP contribution is 2.44. The van der Waals surface area contributed by atoms with Crippen LogP contribution >= 0.6 is 0 Å². The number of hydrogen-bond donors (Lipinski definition) is 0. The van der Waals surface area contributed by atoms with Crippen LogP contribution in [-0.2, 0) is 4.74 Å². The Morgan fingerprint density at radius 2 is 1.33 bits per heavy atom. The summed E-state index contributed by atoms with van der Waals surface area (Å²) < 4.78 is 98.3. The first-order valence-corrected chi connectivity index (χ1v) is 3.57. The first-order valence-electron chi connectivity index (χ1n) is 3.57. The molecule has 0 aliphatic carbocycles. The van der Waals surface area contributed by atoms with Gasteiger partial charge in [-0.2, -0.15) is 35.1 Å². The fourth-order valence-corrected chi connectivity index (χ4v) is 0.720. The molecule has 0 aromatic rings. The molecule has 92 valence electrons. The fraction of sp³-hybridized carbons (Fsp3) is 1.00. The summed E-state index contributed by atoms with van der Waals surface area (Å²) >= 11 is 0. The number of halogens is 8. The van der Waals surface area contributed by atoms with E-state index in [0.717, 1.165) is 6.92 Å². The van der Waals surface area contributed by atoms with E-state index >= 15 is 0 Å². The molecule has 0 aromatic heterocycles. The van der Waals surface area contributed by atoms with Gasteiger partial charge in [-0.15, -0.1) is 0 Å². The normalized spacial score (nSPS) is 16.6. The van der Waals surface area contributed by atoms with Crippen LogP contribution in [0.2, 0.25) is 0 Å². The van der Waals surface area contributed by atoms with Gasteiger partial charge in [0, 0.05) is 6.61 Å². The van der Waals surface area contributed by atoms with E-state index in [0.29, 0.717) is 0 Å². The molecule has 0 aromatic carbocycles. The Bertz CT molecular complexity index is 204. The van der Waals surface area contributed by atoms with Crippen LogP contribution in [0.15, 0.2) is 0 Å². The van der Waals surface area contributed by atoms with Crippen LogP contribution < -0.4 is 0 Å². The van der Waals surface area contributed by atoms with E-state index in [9.17, 15) is 35.1 Å². The first kappa shape index (κ1) is 14.4. The number of hydrogen-bond acceptors (Lipinski definition) is 1. The van der Waals surface area contributed by atoms with Gasteiger partial charge >= 0.3 is 18.3 Å². The molecule has 1 nitrogen and oxygen atoms in total. The van der Waals surface area contributed by atoms with Gasteiger partial charge in [0.2, 0.25) is 6.10 Å². The summed E-state index contributed by atoms with van der Waals surface area (Å²) in [4.78, 5) is 0. The second-order valence-electron chi connectivity index (χ2n) is 2.50. The van der Waals surface area contributed by atoms with Crippen LogP contribution in [0, 0.1) is 0 Å². The van der Waals surface area contributed by atoms with E-state index in [1.165, 1.54) is 0 Å². The molecule has 1 atom stereocenters. The SMILES string of the molecule is CCOC(C(F)(F)F)C(F)(F)C(F)(F)F. The second-order valence-corrected chi connectivity index (χ2v) is 2.50. The van der Waals surface area contributed by atoms with Gasteiger partial charge < -0.3 is 4.74 Å². The molecular weight excluding hydrogens is 240 g/mol. The molecule has 0 fully saturated rings. The van der Waals surface area contributed by atoms with Gasteiger partial charge in [-0.1, -0.05) is 0 Å². The summed E-state index contributed by atoms with van der Waals surface area (Å²) in [6.45, 7) is -0.0267. The number of alkyl halides is 8. The van der Waals surface area contributed by atoms with Gasteiger partial charge in [-0.05, 0) is 6.92 Å². The minimum Gasteiger partial charge on any atom is -0.363 e.